The van der Waals surface area contributed by atoms with Crippen molar-refractivity contribution in [1.29, 1.82) is 5.26 Å². The molecule has 0 atom stereocenters. The summed E-state index contributed by atoms with van der Waals surface area (Å²) in [5, 5.41) is 14.3. The molecule has 0 saturated heterocycles. The van der Waals surface area contributed by atoms with E-state index in [1.165, 1.54) is 7.11 Å². The minimum Gasteiger partial charge on any atom is -0.464 e. The van der Waals surface area contributed by atoms with Gasteiger partial charge in [0.15, 0.2) is 0 Å². The Kier molecular flexibility index (Phi) is 3.82. The number of benzene rings is 2. The molecular formula is C14H12N4O2. The number of methoxy groups -OCH3 is 1. The molecule has 0 bridgehead atoms. The minimum absolute atomic E-state index is 0.362. The molecule has 6 heteroatoms. The van der Waals surface area contributed by atoms with Crippen LogP contribution in [0.15, 0.2) is 41.5 Å². The number of nitriles is 1. The Labute approximate surface area is 115 Å². The van der Waals surface area contributed by atoms with Crippen molar-refractivity contribution in [2.24, 2.45) is 5.10 Å². The molecule has 2 aromatic carbocycles. The molecular weight excluding hydrogens is 256 g/mol. The van der Waals surface area contributed by atoms with Gasteiger partial charge >= 0.3 is 5.97 Å². The molecule has 6 nitrogen and oxygen atoms in total. The minimum atomic E-state index is -0.798. The fourth-order valence-corrected chi connectivity index (χ4v) is 1.79. The van der Waals surface area contributed by atoms with Crippen LogP contribution in [0.2, 0.25) is 0 Å². The summed E-state index contributed by atoms with van der Waals surface area (Å²) in [7, 11) is 1.19. The highest BCUT2D eigenvalue weighted by Crippen LogP contribution is 2.28. The van der Waals surface area contributed by atoms with E-state index in [-0.39, 0.29) is 5.71 Å². The molecule has 2 aromatic rings. The number of nitrogen functional groups attached to an aromatic ring is 1. The Morgan fingerprint density at radius 3 is 2.70 bits per heavy atom. The van der Waals surface area contributed by atoms with Gasteiger partial charge in [-0.2, -0.15) is 10.4 Å². The van der Waals surface area contributed by atoms with Crippen molar-refractivity contribution in [1.82, 2.24) is 0 Å². The second-order valence-corrected chi connectivity index (χ2v) is 3.93. The number of fused-ring (bicyclic) bond motifs is 1. The van der Waals surface area contributed by atoms with Crippen molar-refractivity contribution in [2.75, 3.05) is 18.3 Å². The Morgan fingerprint density at radius 2 is 2.05 bits per heavy atom. The van der Waals surface area contributed by atoms with E-state index in [2.05, 4.69) is 15.3 Å². The van der Waals surface area contributed by atoms with Crippen molar-refractivity contribution >= 4 is 33.8 Å². The summed E-state index contributed by atoms with van der Waals surface area (Å²) in [5.41, 5.74) is 9.44. The zero-order valence-corrected chi connectivity index (χ0v) is 10.8. The van der Waals surface area contributed by atoms with Crippen LogP contribution in [-0.2, 0) is 9.53 Å². The van der Waals surface area contributed by atoms with Crippen molar-refractivity contribution in [3.05, 3.63) is 36.4 Å². The number of ether oxygens (including phenoxy) is 1. The van der Waals surface area contributed by atoms with Crippen LogP contribution < -0.4 is 11.2 Å². The van der Waals surface area contributed by atoms with E-state index < -0.39 is 5.97 Å². The van der Waals surface area contributed by atoms with Crippen molar-refractivity contribution in [2.45, 2.75) is 0 Å². The number of esters is 1. The van der Waals surface area contributed by atoms with Crippen molar-refractivity contribution in [3.8, 4) is 6.07 Å². The van der Waals surface area contributed by atoms with Crippen LogP contribution in [-0.4, -0.2) is 18.8 Å². The highest BCUT2D eigenvalue weighted by molar-refractivity contribution is 6.43. The lowest BCUT2D eigenvalue weighted by molar-refractivity contribution is -0.132. The van der Waals surface area contributed by atoms with Gasteiger partial charge in [-0.05, 0) is 17.5 Å². The largest absolute Gasteiger partial charge is 0.464 e. The van der Waals surface area contributed by atoms with E-state index in [0.717, 1.165) is 10.8 Å². The highest BCUT2D eigenvalue weighted by atomic mass is 16.5. The predicted molar refractivity (Wildman–Crippen MR) is 77.0 cm³/mol. The molecule has 2 rings (SSSR count). The Balaban J connectivity index is 2.43. The fraction of sp³-hybridized carbons (Fsp3) is 0.0714. The standard InChI is InChI=1S/C14H12N4O2/c1-20-14(19)12(8-15)18-17-11-7-3-5-9-4-2-6-10(16)13(9)11/h2-7,17H,16H2,1H3. The van der Waals surface area contributed by atoms with E-state index in [1.54, 1.807) is 18.2 Å². The number of anilines is 2. The maximum atomic E-state index is 11.3. The molecule has 20 heavy (non-hydrogen) atoms. The second-order valence-electron chi connectivity index (χ2n) is 3.93. The molecule has 0 amide bonds. The van der Waals surface area contributed by atoms with Gasteiger partial charge in [-0.1, -0.05) is 24.3 Å². The summed E-state index contributed by atoms with van der Waals surface area (Å²) in [5.74, 6) is -0.798. The number of rotatable bonds is 3. The summed E-state index contributed by atoms with van der Waals surface area (Å²) in [4.78, 5) is 11.3. The van der Waals surface area contributed by atoms with E-state index in [9.17, 15) is 4.79 Å². The van der Waals surface area contributed by atoms with Crippen LogP contribution in [0.3, 0.4) is 0 Å². The van der Waals surface area contributed by atoms with E-state index >= 15 is 0 Å². The van der Waals surface area contributed by atoms with E-state index in [1.807, 2.05) is 24.3 Å². The average Bonchev–Trinajstić information content (AvgIpc) is 2.47. The van der Waals surface area contributed by atoms with Gasteiger partial charge in [0, 0.05) is 11.1 Å². The monoisotopic (exact) mass is 268 g/mol. The molecule has 0 fully saturated rings. The molecule has 0 saturated carbocycles. The first-order valence-corrected chi connectivity index (χ1v) is 5.76. The molecule has 0 spiro atoms. The zero-order valence-electron chi connectivity index (χ0n) is 10.8. The number of carbonyl (C=O) groups excluding carboxylic acids is 1. The first kappa shape index (κ1) is 13.4. The Bertz CT molecular complexity index is 726. The number of hydrazone groups is 1. The van der Waals surface area contributed by atoms with Crippen molar-refractivity contribution < 1.29 is 9.53 Å². The fourth-order valence-electron chi connectivity index (χ4n) is 1.79. The third kappa shape index (κ3) is 2.52. The number of hydrogen-bond donors (Lipinski definition) is 2. The van der Waals surface area contributed by atoms with Gasteiger partial charge in [-0.15, -0.1) is 0 Å². The lowest BCUT2D eigenvalue weighted by Gasteiger charge is -2.08. The number of carbonyl (C=O) groups is 1. The molecule has 3 N–H and O–H groups in total. The van der Waals surface area contributed by atoms with Gasteiger partial charge in [0.25, 0.3) is 0 Å². The van der Waals surface area contributed by atoms with Crippen LogP contribution in [0.4, 0.5) is 11.4 Å². The molecule has 0 aliphatic carbocycles. The Hall–Kier alpha value is -3.07. The van der Waals surface area contributed by atoms with E-state index in [4.69, 9.17) is 11.0 Å². The predicted octanol–water partition coefficient (Wildman–Crippen LogP) is 1.89. The van der Waals surface area contributed by atoms with E-state index in [0.29, 0.717) is 11.4 Å². The molecule has 0 unspecified atom stereocenters. The lowest BCUT2D eigenvalue weighted by Crippen LogP contribution is -2.15. The summed E-state index contributed by atoms with van der Waals surface area (Å²) in [6.07, 6.45) is 0. The topological polar surface area (TPSA) is 100 Å². The van der Waals surface area contributed by atoms with Crippen LogP contribution in [0.5, 0.6) is 0 Å². The number of nitrogens with zero attached hydrogens (tertiary/aromatic N) is 2. The molecule has 100 valence electrons. The van der Waals surface area contributed by atoms with Gasteiger partial charge in [-0.3, -0.25) is 5.43 Å². The maximum Gasteiger partial charge on any atom is 0.369 e. The van der Waals surface area contributed by atoms with Crippen molar-refractivity contribution in [3.63, 3.8) is 0 Å². The highest BCUT2D eigenvalue weighted by Gasteiger charge is 2.11. The third-order valence-electron chi connectivity index (χ3n) is 2.71. The SMILES string of the molecule is COC(=O)C(C#N)=NNc1cccc2cccc(N)c12. The molecule has 0 aliphatic rings. The van der Waals surface area contributed by atoms with Gasteiger partial charge < -0.3 is 10.5 Å². The molecule has 0 heterocycles. The molecule has 0 radical (unpaired) electrons. The van der Waals surface area contributed by atoms with Crippen LogP contribution in [0.25, 0.3) is 10.8 Å². The molecule has 0 aromatic heterocycles. The molecule has 0 aliphatic heterocycles. The first-order chi connectivity index (χ1) is 9.67. The summed E-state index contributed by atoms with van der Waals surface area (Å²) >= 11 is 0. The average molecular weight is 268 g/mol. The zero-order chi connectivity index (χ0) is 14.5. The second kappa shape index (κ2) is 5.71. The van der Waals surface area contributed by atoms with Gasteiger partial charge in [0.1, 0.15) is 6.07 Å². The van der Waals surface area contributed by atoms with Gasteiger partial charge in [0.2, 0.25) is 5.71 Å². The first-order valence-electron chi connectivity index (χ1n) is 5.76. The summed E-state index contributed by atoms with van der Waals surface area (Å²) in [6.45, 7) is 0. The number of nitrogens with one attached hydrogen (secondary N) is 1. The Morgan fingerprint density at radius 1 is 1.35 bits per heavy atom. The normalized spacial score (nSPS) is 10.9. The van der Waals surface area contributed by atoms with Gasteiger partial charge in [0.05, 0.1) is 12.8 Å². The third-order valence-corrected chi connectivity index (χ3v) is 2.71. The smallest absolute Gasteiger partial charge is 0.369 e. The van der Waals surface area contributed by atoms with Crippen LogP contribution >= 0.6 is 0 Å². The summed E-state index contributed by atoms with van der Waals surface area (Å²) < 4.78 is 4.45. The number of nitrogens with two attached hydrogens (primary N) is 1. The van der Waals surface area contributed by atoms with Gasteiger partial charge in [-0.25, -0.2) is 4.79 Å². The maximum absolute atomic E-state index is 11.3. The number of hydrogen-bond acceptors (Lipinski definition) is 6. The summed E-state index contributed by atoms with van der Waals surface area (Å²) in [6, 6.07) is 12.7. The van der Waals surface area contributed by atoms with Crippen LogP contribution in [0, 0.1) is 11.3 Å². The van der Waals surface area contributed by atoms with Crippen LogP contribution in [0.1, 0.15) is 0 Å². The quantitative estimate of drug-likeness (QED) is 0.383. The lowest BCUT2D eigenvalue weighted by atomic mass is 10.1.